The molecule has 0 spiro atoms. The standard InChI is InChI=1S/C21H15Br2N3O2S/c1-28-21-16(23)10-14(29-21)11-24-26-20(27)19-18(12-5-3-2-4-6-12)15-9-13(22)7-8-17(15)25-19/h2-11,25H,1H3,(H,26,27)/b24-11+. The molecule has 0 radical (unpaired) electrons. The fraction of sp³-hybridized carbons (Fsp3) is 0.0476. The molecule has 0 saturated carbocycles. The van der Waals surface area contributed by atoms with Crippen LogP contribution in [0.4, 0.5) is 0 Å². The molecule has 29 heavy (non-hydrogen) atoms. The Morgan fingerprint density at radius 1 is 1.17 bits per heavy atom. The summed E-state index contributed by atoms with van der Waals surface area (Å²) in [6.45, 7) is 0. The Bertz CT molecular complexity index is 1220. The maximum absolute atomic E-state index is 12.9. The third-order valence-electron chi connectivity index (χ3n) is 4.27. The van der Waals surface area contributed by atoms with Gasteiger partial charge in [0.15, 0.2) is 5.06 Å². The SMILES string of the molecule is COc1sc(/C=N/NC(=O)c2[nH]c3ccc(Br)cc3c2-c2ccccc2)cc1Br. The van der Waals surface area contributed by atoms with E-state index < -0.39 is 0 Å². The van der Waals surface area contributed by atoms with Crippen LogP contribution in [0.5, 0.6) is 5.06 Å². The minimum atomic E-state index is -0.310. The molecular weight excluding hydrogens is 518 g/mol. The highest BCUT2D eigenvalue weighted by Crippen LogP contribution is 2.35. The number of amides is 1. The van der Waals surface area contributed by atoms with Crippen LogP contribution in [0.25, 0.3) is 22.0 Å². The van der Waals surface area contributed by atoms with Gasteiger partial charge in [-0.15, -0.1) is 0 Å². The van der Waals surface area contributed by atoms with Gasteiger partial charge in [0, 0.05) is 20.9 Å². The van der Waals surface area contributed by atoms with Crippen LogP contribution in [0.15, 0.2) is 68.6 Å². The van der Waals surface area contributed by atoms with Crippen molar-refractivity contribution < 1.29 is 9.53 Å². The van der Waals surface area contributed by atoms with Crippen molar-refractivity contribution in [3.05, 3.63) is 74.1 Å². The maximum atomic E-state index is 12.9. The number of thiophene rings is 1. The van der Waals surface area contributed by atoms with E-state index in [-0.39, 0.29) is 5.91 Å². The second-order valence-electron chi connectivity index (χ2n) is 6.12. The average Bonchev–Trinajstić information content (AvgIpc) is 3.28. The van der Waals surface area contributed by atoms with Crippen molar-refractivity contribution in [1.29, 1.82) is 0 Å². The van der Waals surface area contributed by atoms with E-state index in [0.717, 1.165) is 40.9 Å². The van der Waals surface area contributed by atoms with E-state index in [2.05, 4.69) is 47.4 Å². The van der Waals surface area contributed by atoms with Gasteiger partial charge in [0.25, 0.3) is 5.91 Å². The molecular formula is C21H15Br2N3O2S. The third-order valence-corrected chi connectivity index (χ3v) is 6.64. The van der Waals surface area contributed by atoms with Gasteiger partial charge >= 0.3 is 0 Å². The van der Waals surface area contributed by atoms with Crippen molar-refractivity contribution in [2.24, 2.45) is 5.10 Å². The van der Waals surface area contributed by atoms with Crippen LogP contribution >= 0.6 is 43.2 Å². The van der Waals surface area contributed by atoms with Gasteiger partial charge in [-0.2, -0.15) is 5.10 Å². The van der Waals surface area contributed by atoms with Gasteiger partial charge in [-0.25, -0.2) is 5.43 Å². The Balaban J connectivity index is 1.67. The summed E-state index contributed by atoms with van der Waals surface area (Å²) in [4.78, 5) is 17.0. The maximum Gasteiger partial charge on any atom is 0.288 e. The van der Waals surface area contributed by atoms with Crippen LogP contribution < -0.4 is 10.2 Å². The number of nitrogens with one attached hydrogen (secondary N) is 2. The summed E-state index contributed by atoms with van der Waals surface area (Å²) in [5.74, 6) is -0.310. The number of ether oxygens (including phenoxy) is 1. The fourth-order valence-corrected chi connectivity index (χ4v) is 4.92. The molecule has 0 bridgehead atoms. The van der Waals surface area contributed by atoms with Crippen molar-refractivity contribution in [2.75, 3.05) is 7.11 Å². The van der Waals surface area contributed by atoms with Crippen molar-refractivity contribution >= 4 is 66.2 Å². The summed E-state index contributed by atoms with van der Waals surface area (Å²) in [6, 6.07) is 17.6. The average molecular weight is 533 g/mol. The number of aromatic amines is 1. The van der Waals surface area contributed by atoms with Gasteiger partial charge in [-0.3, -0.25) is 4.79 Å². The Kier molecular flexibility index (Phi) is 5.84. The molecule has 0 aliphatic heterocycles. The molecule has 2 N–H and O–H groups in total. The number of carbonyl (C=O) groups excluding carboxylic acids is 1. The lowest BCUT2D eigenvalue weighted by atomic mass is 10.0. The first-order valence-electron chi connectivity index (χ1n) is 8.60. The lowest BCUT2D eigenvalue weighted by molar-refractivity contribution is 0.0951. The number of rotatable bonds is 5. The van der Waals surface area contributed by atoms with E-state index in [4.69, 9.17) is 4.74 Å². The molecule has 2 aromatic heterocycles. The monoisotopic (exact) mass is 531 g/mol. The first kappa shape index (κ1) is 19.9. The topological polar surface area (TPSA) is 66.5 Å². The Morgan fingerprint density at radius 2 is 1.97 bits per heavy atom. The number of aromatic nitrogens is 1. The minimum absolute atomic E-state index is 0.310. The van der Waals surface area contributed by atoms with E-state index in [1.807, 2.05) is 54.6 Å². The Morgan fingerprint density at radius 3 is 2.69 bits per heavy atom. The highest BCUT2D eigenvalue weighted by atomic mass is 79.9. The van der Waals surface area contributed by atoms with Gasteiger partial charge in [-0.1, -0.05) is 57.6 Å². The lowest BCUT2D eigenvalue weighted by Crippen LogP contribution is -2.18. The van der Waals surface area contributed by atoms with Gasteiger partial charge in [0.1, 0.15) is 5.69 Å². The Labute approximate surface area is 188 Å². The number of hydrogen-bond donors (Lipinski definition) is 2. The van der Waals surface area contributed by atoms with Crippen molar-refractivity contribution in [1.82, 2.24) is 10.4 Å². The van der Waals surface area contributed by atoms with Crippen LogP contribution in [0.1, 0.15) is 15.4 Å². The second kappa shape index (κ2) is 8.52. The van der Waals surface area contributed by atoms with Crippen molar-refractivity contribution in [3.8, 4) is 16.2 Å². The zero-order valence-electron chi connectivity index (χ0n) is 15.2. The van der Waals surface area contributed by atoms with Crippen molar-refractivity contribution in [3.63, 3.8) is 0 Å². The number of halogens is 2. The number of hydrazone groups is 1. The first-order chi connectivity index (χ1) is 14.1. The van der Waals surface area contributed by atoms with Crippen molar-refractivity contribution in [2.45, 2.75) is 0 Å². The summed E-state index contributed by atoms with van der Waals surface area (Å²) in [5.41, 5.74) is 5.76. The minimum Gasteiger partial charge on any atom is -0.486 e. The summed E-state index contributed by atoms with van der Waals surface area (Å²) in [7, 11) is 1.61. The highest BCUT2D eigenvalue weighted by Gasteiger charge is 2.19. The molecule has 1 amide bonds. The molecule has 146 valence electrons. The van der Waals surface area contributed by atoms with E-state index in [9.17, 15) is 4.79 Å². The zero-order chi connectivity index (χ0) is 20.4. The largest absolute Gasteiger partial charge is 0.486 e. The van der Waals surface area contributed by atoms with E-state index in [0.29, 0.717) is 5.69 Å². The molecule has 5 nitrogen and oxygen atoms in total. The zero-order valence-corrected chi connectivity index (χ0v) is 19.2. The smallest absolute Gasteiger partial charge is 0.288 e. The summed E-state index contributed by atoms with van der Waals surface area (Å²) >= 11 is 8.37. The predicted molar refractivity (Wildman–Crippen MR) is 125 cm³/mol. The van der Waals surface area contributed by atoms with Crippen LogP contribution in [-0.2, 0) is 0 Å². The number of nitrogens with zero attached hydrogens (tertiary/aromatic N) is 1. The molecule has 8 heteroatoms. The molecule has 0 aliphatic carbocycles. The quantitative estimate of drug-likeness (QED) is 0.237. The molecule has 0 fully saturated rings. The van der Waals surface area contributed by atoms with Crippen LogP contribution in [0.3, 0.4) is 0 Å². The van der Waals surface area contributed by atoms with E-state index in [1.165, 1.54) is 11.3 Å². The molecule has 4 aromatic rings. The number of H-pyrrole nitrogens is 1. The van der Waals surface area contributed by atoms with E-state index in [1.54, 1.807) is 13.3 Å². The number of methoxy groups -OCH3 is 1. The highest BCUT2D eigenvalue weighted by molar-refractivity contribution is 9.10. The number of carbonyl (C=O) groups is 1. The fourth-order valence-electron chi connectivity index (χ4n) is 3.02. The Hall–Kier alpha value is -2.42. The van der Waals surface area contributed by atoms with Gasteiger partial charge in [0.05, 0.1) is 22.7 Å². The summed E-state index contributed by atoms with van der Waals surface area (Å²) in [6.07, 6.45) is 1.59. The van der Waals surface area contributed by atoms with Crippen LogP contribution in [0.2, 0.25) is 0 Å². The lowest BCUT2D eigenvalue weighted by Gasteiger charge is -2.04. The first-order valence-corrected chi connectivity index (χ1v) is 11.0. The molecule has 2 heterocycles. The van der Waals surface area contributed by atoms with Crippen LogP contribution in [-0.4, -0.2) is 24.2 Å². The van der Waals surface area contributed by atoms with Gasteiger partial charge in [0.2, 0.25) is 0 Å². The summed E-state index contributed by atoms with van der Waals surface area (Å²) < 4.78 is 7.04. The molecule has 0 aliphatic rings. The van der Waals surface area contributed by atoms with Crippen LogP contribution in [0, 0.1) is 0 Å². The molecule has 0 unspecified atom stereocenters. The summed E-state index contributed by atoms with van der Waals surface area (Å²) in [5, 5.41) is 5.83. The number of fused-ring (bicyclic) bond motifs is 1. The molecule has 0 saturated heterocycles. The van der Waals surface area contributed by atoms with Gasteiger partial charge < -0.3 is 9.72 Å². The second-order valence-corrected chi connectivity index (χ2v) is 8.93. The normalized spacial score (nSPS) is 11.3. The predicted octanol–water partition coefficient (Wildman–Crippen LogP) is 6.19. The number of hydrogen-bond acceptors (Lipinski definition) is 4. The molecule has 0 atom stereocenters. The van der Waals surface area contributed by atoms with Gasteiger partial charge in [-0.05, 0) is 45.8 Å². The van der Waals surface area contributed by atoms with E-state index >= 15 is 0 Å². The number of benzene rings is 2. The molecule has 4 rings (SSSR count). The third kappa shape index (κ3) is 4.14. The molecule has 2 aromatic carbocycles.